The molecular formula is C19H12FN5O2S. The summed E-state index contributed by atoms with van der Waals surface area (Å²) in [7, 11) is 1.42. The smallest absolute Gasteiger partial charge is 0.235 e. The molecule has 0 N–H and O–H groups in total. The molecule has 0 bridgehead atoms. The van der Waals surface area contributed by atoms with Crippen LogP contribution in [0.5, 0.6) is 5.75 Å². The molecule has 9 heteroatoms. The van der Waals surface area contributed by atoms with Gasteiger partial charge >= 0.3 is 0 Å². The number of fused-ring (bicyclic) bond motifs is 1. The van der Waals surface area contributed by atoms with Gasteiger partial charge in [0, 0.05) is 17.2 Å². The molecule has 0 unspecified atom stereocenters. The lowest BCUT2D eigenvalue weighted by Gasteiger charge is -2.02. The molecule has 0 saturated heterocycles. The molecule has 0 saturated carbocycles. The van der Waals surface area contributed by atoms with Crippen LogP contribution in [0.1, 0.15) is 0 Å². The molecule has 0 spiro atoms. The maximum atomic E-state index is 14.0. The molecule has 28 heavy (non-hydrogen) atoms. The summed E-state index contributed by atoms with van der Waals surface area (Å²) >= 11 is 1.35. The van der Waals surface area contributed by atoms with Crippen molar-refractivity contribution in [1.29, 1.82) is 0 Å². The van der Waals surface area contributed by atoms with E-state index in [1.165, 1.54) is 24.5 Å². The lowest BCUT2D eigenvalue weighted by atomic mass is 10.1. The topological polar surface area (TPSA) is 78.3 Å². The molecule has 0 radical (unpaired) electrons. The molecule has 7 nitrogen and oxygen atoms in total. The average molecular weight is 393 g/mol. The number of hydrogen-bond donors (Lipinski definition) is 0. The first-order valence-electron chi connectivity index (χ1n) is 8.31. The van der Waals surface area contributed by atoms with Gasteiger partial charge in [0.25, 0.3) is 0 Å². The number of benzene rings is 2. The van der Waals surface area contributed by atoms with Crippen molar-refractivity contribution >= 4 is 16.3 Å². The molecule has 3 heterocycles. The van der Waals surface area contributed by atoms with Crippen molar-refractivity contribution in [2.24, 2.45) is 0 Å². The maximum Gasteiger partial charge on any atom is 0.235 e. The first-order valence-corrected chi connectivity index (χ1v) is 9.13. The van der Waals surface area contributed by atoms with E-state index >= 15 is 0 Å². The number of ether oxygens (including phenoxy) is 1. The highest BCUT2D eigenvalue weighted by atomic mass is 32.1. The second kappa shape index (κ2) is 6.54. The second-order valence-electron chi connectivity index (χ2n) is 5.92. The van der Waals surface area contributed by atoms with E-state index in [4.69, 9.17) is 9.26 Å². The summed E-state index contributed by atoms with van der Waals surface area (Å²) in [5.41, 5.74) is 2.02. The van der Waals surface area contributed by atoms with E-state index in [0.717, 1.165) is 5.56 Å². The Labute approximate surface area is 162 Å². The van der Waals surface area contributed by atoms with E-state index < -0.39 is 5.82 Å². The molecule has 5 aromatic rings. The molecule has 0 fully saturated rings. The standard InChI is InChI=1S/C19H12FN5O2S/c1-26-15-8-7-12(9-13(15)20)16-10-14(24-27-16)18-23-25-17(21-22-19(25)28-18)11-5-3-2-4-6-11/h2-10H,1H3. The molecule has 2 aromatic carbocycles. The molecular weight excluding hydrogens is 381 g/mol. The number of halogens is 1. The van der Waals surface area contributed by atoms with Crippen LogP contribution >= 0.6 is 11.3 Å². The van der Waals surface area contributed by atoms with Crippen LogP contribution in [-0.2, 0) is 0 Å². The monoisotopic (exact) mass is 393 g/mol. The largest absolute Gasteiger partial charge is 0.494 e. The quantitative estimate of drug-likeness (QED) is 0.452. The van der Waals surface area contributed by atoms with E-state index in [9.17, 15) is 4.39 Å². The molecule has 5 rings (SSSR count). The fourth-order valence-corrected chi connectivity index (χ4v) is 3.61. The molecule has 0 aliphatic heterocycles. The summed E-state index contributed by atoms with van der Waals surface area (Å²) in [6.45, 7) is 0. The van der Waals surface area contributed by atoms with Crippen molar-refractivity contribution in [3.63, 3.8) is 0 Å². The first-order chi connectivity index (χ1) is 13.7. The number of rotatable bonds is 4. The molecule has 0 amide bonds. The average Bonchev–Trinajstić information content (AvgIpc) is 3.44. The Morgan fingerprint density at radius 2 is 1.89 bits per heavy atom. The predicted molar refractivity (Wildman–Crippen MR) is 102 cm³/mol. The Kier molecular flexibility index (Phi) is 3.87. The van der Waals surface area contributed by atoms with Crippen LogP contribution in [0.15, 0.2) is 59.1 Å². The van der Waals surface area contributed by atoms with Crippen LogP contribution in [0.3, 0.4) is 0 Å². The summed E-state index contributed by atoms with van der Waals surface area (Å²) in [5.74, 6) is 0.791. The van der Waals surface area contributed by atoms with Gasteiger partial charge in [-0.1, -0.05) is 46.8 Å². The zero-order chi connectivity index (χ0) is 19.1. The van der Waals surface area contributed by atoms with Crippen LogP contribution in [0.25, 0.3) is 38.4 Å². The number of methoxy groups -OCH3 is 1. The third-order valence-corrected chi connectivity index (χ3v) is 5.11. The van der Waals surface area contributed by atoms with E-state index in [2.05, 4.69) is 20.5 Å². The van der Waals surface area contributed by atoms with Crippen molar-refractivity contribution in [3.05, 3.63) is 60.4 Å². The van der Waals surface area contributed by atoms with Crippen molar-refractivity contribution in [2.75, 3.05) is 7.11 Å². The Hall–Kier alpha value is -3.59. The van der Waals surface area contributed by atoms with Gasteiger partial charge in [0.15, 0.2) is 28.2 Å². The van der Waals surface area contributed by atoms with E-state index in [0.29, 0.717) is 32.8 Å². The van der Waals surface area contributed by atoms with Crippen LogP contribution < -0.4 is 4.74 Å². The number of aromatic nitrogens is 5. The van der Waals surface area contributed by atoms with Gasteiger partial charge in [0.05, 0.1) is 7.11 Å². The van der Waals surface area contributed by atoms with Crippen LogP contribution in [-0.4, -0.2) is 32.1 Å². The molecule has 0 atom stereocenters. The highest BCUT2D eigenvalue weighted by Gasteiger charge is 2.18. The van der Waals surface area contributed by atoms with Crippen molar-refractivity contribution in [2.45, 2.75) is 0 Å². The summed E-state index contributed by atoms with van der Waals surface area (Å²) in [6.07, 6.45) is 0. The Balaban J connectivity index is 1.52. The van der Waals surface area contributed by atoms with Gasteiger partial charge in [-0.15, -0.1) is 10.2 Å². The zero-order valence-corrected chi connectivity index (χ0v) is 15.4. The third kappa shape index (κ3) is 2.72. The normalized spacial score (nSPS) is 11.2. The van der Waals surface area contributed by atoms with Gasteiger partial charge in [-0.25, -0.2) is 4.39 Å². The molecule has 0 aliphatic rings. The lowest BCUT2D eigenvalue weighted by Crippen LogP contribution is -1.90. The minimum Gasteiger partial charge on any atom is -0.494 e. The minimum atomic E-state index is -0.468. The maximum absolute atomic E-state index is 14.0. The summed E-state index contributed by atoms with van der Waals surface area (Å²) in [5, 5.41) is 17.7. The van der Waals surface area contributed by atoms with Crippen molar-refractivity contribution in [3.8, 4) is 39.2 Å². The Morgan fingerprint density at radius 3 is 2.68 bits per heavy atom. The highest BCUT2D eigenvalue weighted by Crippen LogP contribution is 2.31. The Bertz CT molecular complexity index is 1280. The van der Waals surface area contributed by atoms with Gasteiger partial charge < -0.3 is 9.26 Å². The fraction of sp³-hybridized carbons (Fsp3) is 0.0526. The van der Waals surface area contributed by atoms with E-state index in [1.54, 1.807) is 22.7 Å². The van der Waals surface area contributed by atoms with Crippen LogP contribution in [0, 0.1) is 5.82 Å². The predicted octanol–water partition coefficient (Wildman–Crippen LogP) is 4.32. The summed E-state index contributed by atoms with van der Waals surface area (Å²) in [4.78, 5) is 0.647. The lowest BCUT2D eigenvalue weighted by molar-refractivity contribution is 0.386. The number of hydrogen-bond acceptors (Lipinski definition) is 7. The molecule has 138 valence electrons. The fourth-order valence-electron chi connectivity index (χ4n) is 2.82. The van der Waals surface area contributed by atoms with Gasteiger partial charge in [-0.05, 0) is 18.2 Å². The summed E-state index contributed by atoms with van der Waals surface area (Å²) < 4.78 is 26.0. The van der Waals surface area contributed by atoms with E-state index in [1.807, 2.05) is 30.3 Å². The second-order valence-corrected chi connectivity index (χ2v) is 6.87. The summed E-state index contributed by atoms with van der Waals surface area (Å²) in [6, 6.07) is 16.0. The van der Waals surface area contributed by atoms with Gasteiger partial charge in [0.2, 0.25) is 4.96 Å². The van der Waals surface area contributed by atoms with Gasteiger partial charge in [0.1, 0.15) is 5.69 Å². The zero-order valence-electron chi connectivity index (χ0n) is 14.5. The number of nitrogens with zero attached hydrogens (tertiary/aromatic N) is 5. The van der Waals surface area contributed by atoms with Gasteiger partial charge in [-0.3, -0.25) is 0 Å². The third-order valence-electron chi connectivity index (χ3n) is 4.19. The minimum absolute atomic E-state index is 0.172. The van der Waals surface area contributed by atoms with Crippen LogP contribution in [0.2, 0.25) is 0 Å². The first kappa shape index (κ1) is 16.6. The Morgan fingerprint density at radius 1 is 1.04 bits per heavy atom. The van der Waals surface area contributed by atoms with Crippen LogP contribution in [0.4, 0.5) is 4.39 Å². The SMILES string of the molecule is COc1ccc(-c2cc(-c3nn4c(-c5ccccc5)nnc4s3)no2)cc1F. The van der Waals surface area contributed by atoms with Crippen molar-refractivity contribution < 1.29 is 13.7 Å². The van der Waals surface area contributed by atoms with E-state index in [-0.39, 0.29) is 5.75 Å². The molecule has 0 aliphatic carbocycles. The van der Waals surface area contributed by atoms with Crippen molar-refractivity contribution in [1.82, 2.24) is 25.0 Å². The molecule has 3 aromatic heterocycles. The highest BCUT2D eigenvalue weighted by molar-refractivity contribution is 7.19. The van der Waals surface area contributed by atoms with Gasteiger partial charge in [-0.2, -0.15) is 9.61 Å².